The first-order valence-corrected chi connectivity index (χ1v) is 1.22. The third kappa shape index (κ3) is 10.9. The van der Waals surface area contributed by atoms with Gasteiger partial charge in [0, 0.05) is 6.54 Å². The molecule has 5 heavy (non-hydrogen) atoms. The van der Waals surface area contributed by atoms with E-state index in [1.807, 2.05) is 0 Å². The third-order valence-electron chi connectivity index (χ3n) is 0.167. The van der Waals surface area contributed by atoms with Gasteiger partial charge in [-0.15, -0.1) is 6.58 Å². The summed E-state index contributed by atoms with van der Waals surface area (Å²) in [6.07, 6.45) is 1.65. The topological polar surface area (TPSA) is 26.0 Å². The zero-order valence-electron chi connectivity index (χ0n) is 4.57. The van der Waals surface area contributed by atoms with E-state index >= 15 is 0 Å². The maximum atomic E-state index is 4.91. The van der Waals surface area contributed by atoms with Crippen LogP contribution in [-0.4, -0.2) is 6.54 Å². The summed E-state index contributed by atoms with van der Waals surface area (Å²) in [5.41, 5.74) is 4.91. The third-order valence-corrected chi connectivity index (χ3v) is 0.167. The van der Waals surface area contributed by atoms with Crippen LogP contribution in [0.5, 0.6) is 0 Å². The normalized spacial score (nSPS) is 5.00. The van der Waals surface area contributed by atoms with Gasteiger partial charge in [0.2, 0.25) is 0 Å². The predicted octanol–water partition coefficient (Wildman–Crippen LogP) is -2.75. The summed E-state index contributed by atoms with van der Waals surface area (Å²) >= 11 is 0. The van der Waals surface area contributed by atoms with Crippen molar-refractivity contribution in [2.24, 2.45) is 5.73 Å². The molecule has 2 heteroatoms. The Hall–Kier alpha value is 1.34. The molecular weight excluding hydrogens is 89.1 g/mol. The van der Waals surface area contributed by atoms with Gasteiger partial charge in [-0.1, -0.05) is 6.08 Å². The molecule has 0 spiro atoms. The maximum absolute atomic E-state index is 4.91. The van der Waals surface area contributed by atoms with Gasteiger partial charge >= 0.3 is 51.4 Å². The molecule has 0 saturated carbocycles. The van der Waals surface area contributed by atoms with Crippen molar-refractivity contribution in [2.45, 2.75) is 0 Å². The first-order chi connectivity index (χ1) is 1.91. The van der Waals surface area contributed by atoms with Crippen LogP contribution in [0.15, 0.2) is 12.7 Å². The molecule has 2 N–H and O–H groups in total. The smallest absolute Gasteiger partial charge is 1.00 e. The fraction of sp³-hybridized carbons (Fsp3) is 0.333. The summed E-state index contributed by atoms with van der Waals surface area (Å²) < 4.78 is 0. The molecule has 0 saturated heterocycles. The quantitative estimate of drug-likeness (QED) is 0.278. The van der Waals surface area contributed by atoms with Gasteiger partial charge in [0.1, 0.15) is 0 Å². The summed E-state index contributed by atoms with van der Waals surface area (Å²) in [5.74, 6) is 0. The van der Waals surface area contributed by atoms with Crippen molar-refractivity contribution in [3.8, 4) is 0 Å². The Morgan fingerprint density at radius 1 is 2.00 bits per heavy atom. The van der Waals surface area contributed by atoms with Crippen LogP contribution in [-0.2, 0) is 0 Å². The van der Waals surface area contributed by atoms with Crippen molar-refractivity contribution in [3.05, 3.63) is 12.7 Å². The van der Waals surface area contributed by atoms with Crippen molar-refractivity contribution in [1.29, 1.82) is 0 Å². The fourth-order valence-electron chi connectivity index (χ4n) is 0. The molecule has 0 aromatic rings. The van der Waals surface area contributed by atoms with Crippen molar-refractivity contribution in [3.63, 3.8) is 0 Å². The molecule has 26 valence electrons. The van der Waals surface area contributed by atoms with Crippen LogP contribution in [0.4, 0.5) is 0 Å². The maximum Gasteiger partial charge on any atom is 1.00 e. The second kappa shape index (κ2) is 9.01. The molecule has 0 heterocycles. The molecule has 0 unspecified atom stereocenters. The van der Waals surface area contributed by atoms with E-state index in [9.17, 15) is 0 Å². The summed E-state index contributed by atoms with van der Waals surface area (Å²) in [5, 5.41) is 0. The Morgan fingerprint density at radius 2 is 2.20 bits per heavy atom. The molecule has 0 rings (SSSR count). The molecule has 0 aromatic heterocycles. The Bertz CT molecular complexity index is 24.8. The molecule has 0 amide bonds. The van der Waals surface area contributed by atoms with Crippen LogP contribution < -0.4 is 57.1 Å². The summed E-state index contributed by atoms with van der Waals surface area (Å²) in [6.45, 7) is 3.94. The van der Waals surface area contributed by atoms with E-state index in [0.717, 1.165) is 0 Å². The minimum atomic E-state index is 0. The molecular formula is C3H8KN. The van der Waals surface area contributed by atoms with Crippen molar-refractivity contribution in [2.75, 3.05) is 6.54 Å². The standard InChI is InChI=1S/C3H7N.K.H/c1-2-3-4;;/h2H,1,3-4H2;;/q;+1;-1. The molecule has 0 aromatic carbocycles. The Kier molecular flexibility index (Phi) is 17.3. The number of hydrogen-bond acceptors (Lipinski definition) is 1. The van der Waals surface area contributed by atoms with Crippen molar-refractivity contribution < 1.29 is 52.8 Å². The molecule has 0 aliphatic carbocycles. The second-order valence-electron chi connectivity index (χ2n) is 0.524. The van der Waals surface area contributed by atoms with Gasteiger partial charge in [-0.25, -0.2) is 0 Å². The van der Waals surface area contributed by atoms with Crippen LogP contribution in [0.3, 0.4) is 0 Å². The molecule has 0 atom stereocenters. The number of nitrogens with two attached hydrogens (primary N) is 1. The fourth-order valence-corrected chi connectivity index (χ4v) is 0. The molecule has 0 bridgehead atoms. The van der Waals surface area contributed by atoms with Crippen molar-refractivity contribution in [1.82, 2.24) is 0 Å². The SMILES string of the molecule is C=CCN.[H-].[K+]. The van der Waals surface area contributed by atoms with E-state index in [0.29, 0.717) is 6.54 Å². The minimum Gasteiger partial charge on any atom is -1.00 e. The zero-order valence-corrected chi connectivity index (χ0v) is 6.69. The van der Waals surface area contributed by atoms with E-state index in [2.05, 4.69) is 6.58 Å². The van der Waals surface area contributed by atoms with Crippen LogP contribution in [0, 0.1) is 0 Å². The van der Waals surface area contributed by atoms with Crippen LogP contribution in [0.25, 0.3) is 0 Å². The zero-order chi connectivity index (χ0) is 3.41. The molecule has 1 nitrogen and oxygen atoms in total. The van der Waals surface area contributed by atoms with Gasteiger partial charge in [-0.2, -0.15) is 0 Å². The van der Waals surface area contributed by atoms with Crippen LogP contribution in [0.1, 0.15) is 1.43 Å². The van der Waals surface area contributed by atoms with Gasteiger partial charge in [-0.3, -0.25) is 0 Å². The second-order valence-corrected chi connectivity index (χ2v) is 0.524. The Labute approximate surface area is 76.5 Å². The van der Waals surface area contributed by atoms with E-state index in [-0.39, 0.29) is 52.8 Å². The number of rotatable bonds is 1. The average molecular weight is 97.2 g/mol. The first kappa shape index (κ1) is 9.60. The number of hydrogen-bond donors (Lipinski definition) is 1. The van der Waals surface area contributed by atoms with E-state index in [4.69, 9.17) is 5.73 Å². The van der Waals surface area contributed by atoms with Crippen LogP contribution >= 0.6 is 0 Å². The Morgan fingerprint density at radius 3 is 2.20 bits per heavy atom. The summed E-state index contributed by atoms with van der Waals surface area (Å²) in [6, 6.07) is 0. The molecule has 0 radical (unpaired) electrons. The summed E-state index contributed by atoms with van der Waals surface area (Å²) in [7, 11) is 0. The minimum absolute atomic E-state index is 0. The largest absolute Gasteiger partial charge is 1.00 e. The van der Waals surface area contributed by atoms with E-state index in [1.54, 1.807) is 6.08 Å². The molecule has 0 aliphatic heterocycles. The van der Waals surface area contributed by atoms with Gasteiger partial charge < -0.3 is 7.16 Å². The van der Waals surface area contributed by atoms with Crippen LogP contribution in [0.2, 0.25) is 0 Å². The molecule has 0 fully saturated rings. The van der Waals surface area contributed by atoms with Crippen molar-refractivity contribution >= 4 is 0 Å². The van der Waals surface area contributed by atoms with E-state index < -0.39 is 0 Å². The monoisotopic (exact) mass is 97.0 g/mol. The average Bonchev–Trinajstić information content (AvgIpc) is 1.37. The van der Waals surface area contributed by atoms with E-state index in [1.165, 1.54) is 0 Å². The van der Waals surface area contributed by atoms with Gasteiger partial charge in [0.15, 0.2) is 0 Å². The van der Waals surface area contributed by atoms with Gasteiger partial charge in [-0.05, 0) is 0 Å². The Balaban J connectivity index is -0.0000000450. The van der Waals surface area contributed by atoms with Gasteiger partial charge in [0.25, 0.3) is 0 Å². The predicted molar refractivity (Wildman–Crippen MR) is 20.4 cm³/mol. The first-order valence-electron chi connectivity index (χ1n) is 1.22. The van der Waals surface area contributed by atoms with Gasteiger partial charge in [0.05, 0.1) is 0 Å². The molecule has 0 aliphatic rings. The summed E-state index contributed by atoms with van der Waals surface area (Å²) in [4.78, 5) is 0.